The highest BCUT2D eigenvalue weighted by Crippen LogP contribution is 2.23. The van der Waals surface area contributed by atoms with E-state index >= 15 is 0 Å². The zero-order valence-electron chi connectivity index (χ0n) is 15.2. The topological polar surface area (TPSA) is 60.2 Å². The Hall–Kier alpha value is -2.37. The quantitative estimate of drug-likeness (QED) is 0.838. The first-order valence-electron chi connectivity index (χ1n) is 8.86. The van der Waals surface area contributed by atoms with E-state index in [2.05, 4.69) is 28.4 Å². The molecule has 1 aliphatic rings. The molecule has 3 heterocycles. The lowest BCUT2D eigenvalue weighted by molar-refractivity contribution is 0.0684. The molecule has 25 heavy (non-hydrogen) atoms. The van der Waals surface area contributed by atoms with E-state index in [1.165, 1.54) is 5.69 Å². The number of pyridine rings is 1. The van der Waals surface area contributed by atoms with Crippen LogP contribution in [0, 0.1) is 19.8 Å². The molecule has 0 spiro atoms. The minimum absolute atomic E-state index is 0.0647. The monoisotopic (exact) mass is 342 g/mol. The summed E-state index contributed by atoms with van der Waals surface area (Å²) in [7, 11) is 1.57. The van der Waals surface area contributed by atoms with E-state index in [-0.39, 0.29) is 5.91 Å². The van der Waals surface area contributed by atoms with Crippen molar-refractivity contribution in [2.24, 2.45) is 5.92 Å². The van der Waals surface area contributed by atoms with Crippen molar-refractivity contribution in [1.82, 2.24) is 19.4 Å². The van der Waals surface area contributed by atoms with Crippen LogP contribution in [0.2, 0.25) is 0 Å². The Morgan fingerprint density at radius 1 is 1.20 bits per heavy atom. The number of rotatable bonds is 5. The van der Waals surface area contributed by atoms with Gasteiger partial charge in [-0.1, -0.05) is 0 Å². The van der Waals surface area contributed by atoms with Gasteiger partial charge in [-0.15, -0.1) is 0 Å². The molecule has 0 N–H and O–H groups in total. The summed E-state index contributed by atoms with van der Waals surface area (Å²) >= 11 is 0. The van der Waals surface area contributed by atoms with Crippen molar-refractivity contribution in [2.75, 3.05) is 20.2 Å². The number of methoxy groups -OCH3 is 1. The van der Waals surface area contributed by atoms with Crippen LogP contribution >= 0.6 is 0 Å². The van der Waals surface area contributed by atoms with Crippen LogP contribution in [-0.4, -0.2) is 45.5 Å². The average Bonchev–Trinajstić information content (AvgIpc) is 2.98. The smallest absolute Gasteiger partial charge is 0.255 e. The number of nitrogens with zero attached hydrogens (tertiary/aromatic N) is 4. The summed E-state index contributed by atoms with van der Waals surface area (Å²) in [4.78, 5) is 23.0. The summed E-state index contributed by atoms with van der Waals surface area (Å²) in [5, 5.41) is 0. The third kappa shape index (κ3) is 4.00. The van der Waals surface area contributed by atoms with Gasteiger partial charge in [-0.25, -0.2) is 9.97 Å². The minimum Gasteiger partial charge on any atom is -0.481 e. The number of piperidine rings is 1. The second kappa shape index (κ2) is 7.68. The van der Waals surface area contributed by atoms with Crippen molar-refractivity contribution in [1.29, 1.82) is 0 Å². The van der Waals surface area contributed by atoms with E-state index in [0.29, 0.717) is 17.4 Å². The Kier molecular flexibility index (Phi) is 5.36. The summed E-state index contributed by atoms with van der Waals surface area (Å²) in [5.74, 6) is 2.34. The molecule has 134 valence electrons. The molecule has 1 fully saturated rings. The van der Waals surface area contributed by atoms with Crippen LogP contribution in [0.25, 0.3) is 0 Å². The summed E-state index contributed by atoms with van der Waals surface area (Å²) in [6.45, 7) is 6.80. The molecule has 1 aliphatic heterocycles. The standard InChI is InChI=1S/C19H26N4O2/c1-14-12-20-15(2)23(14)11-8-16-6-9-22(10-7-16)19(24)17-4-5-18(25-3)21-13-17/h4-5,12-13,16H,6-11H2,1-3H3. The molecule has 2 aromatic rings. The number of likely N-dealkylation sites (tertiary alicyclic amines) is 1. The lowest BCUT2D eigenvalue weighted by atomic mass is 9.93. The second-order valence-corrected chi connectivity index (χ2v) is 6.71. The Morgan fingerprint density at radius 2 is 1.96 bits per heavy atom. The summed E-state index contributed by atoms with van der Waals surface area (Å²) in [5.41, 5.74) is 1.85. The normalized spacial score (nSPS) is 15.4. The third-order valence-corrected chi connectivity index (χ3v) is 5.11. The first-order valence-corrected chi connectivity index (χ1v) is 8.86. The number of aromatic nitrogens is 3. The molecule has 0 saturated carbocycles. The maximum atomic E-state index is 12.6. The van der Waals surface area contributed by atoms with Crippen LogP contribution in [0.1, 0.15) is 41.1 Å². The molecule has 0 bridgehead atoms. The van der Waals surface area contributed by atoms with Crippen molar-refractivity contribution >= 4 is 5.91 Å². The van der Waals surface area contributed by atoms with Gasteiger partial charge in [-0.05, 0) is 45.1 Å². The number of amides is 1. The molecule has 3 rings (SSSR count). The van der Waals surface area contributed by atoms with E-state index in [9.17, 15) is 4.79 Å². The average molecular weight is 342 g/mol. The highest BCUT2D eigenvalue weighted by Gasteiger charge is 2.24. The second-order valence-electron chi connectivity index (χ2n) is 6.71. The van der Waals surface area contributed by atoms with E-state index in [1.807, 2.05) is 11.1 Å². The fourth-order valence-corrected chi connectivity index (χ4v) is 3.47. The predicted molar refractivity (Wildman–Crippen MR) is 95.7 cm³/mol. The Labute approximate surface area is 148 Å². The number of aryl methyl sites for hydroxylation is 2. The molecule has 1 amide bonds. The molecule has 1 saturated heterocycles. The lowest BCUT2D eigenvalue weighted by Gasteiger charge is -2.32. The summed E-state index contributed by atoms with van der Waals surface area (Å²) < 4.78 is 7.32. The summed E-state index contributed by atoms with van der Waals surface area (Å²) in [6, 6.07) is 3.51. The van der Waals surface area contributed by atoms with Crippen LogP contribution < -0.4 is 4.74 Å². The highest BCUT2D eigenvalue weighted by molar-refractivity contribution is 5.94. The zero-order chi connectivity index (χ0) is 17.8. The van der Waals surface area contributed by atoms with E-state index in [4.69, 9.17) is 4.74 Å². The van der Waals surface area contributed by atoms with Crippen LogP contribution in [-0.2, 0) is 6.54 Å². The van der Waals surface area contributed by atoms with Crippen molar-refractivity contribution in [3.63, 3.8) is 0 Å². The van der Waals surface area contributed by atoms with Gasteiger partial charge in [0.15, 0.2) is 0 Å². The molecule has 0 unspecified atom stereocenters. The van der Waals surface area contributed by atoms with Crippen LogP contribution in [0.3, 0.4) is 0 Å². The number of hydrogen-bond donors (Lipinski definition) is 0. The van der Waals surface area contributed by atoms with Gasteiger partial charge >= 0.3 is 0 Å². The molecular weight excluding hydrogens is 316 g/mol. The van der Waals surface area contributed by atoms with Gasteiger partial charge in [-0.2, -0.15) is 0 Å². The number of hydrogen-bond acceptors (Lipinski definition) is 4. The van der Waals surface area contributed by atoms with Crippen molar-refractivity contribution in [3.05, 3.63) is 41.6 Å². The molecule has 2 aromatic heterocycles. The van der Waals surface area contributed by atoms with Crippen molar-refractivity contribution in [2.45, 2.75) is 39.7 Å². The molecule has 0 aliphatic carbocycles. The van der Waals surface area contributed by atoms with Crippen molar-refractivity contribution < 1.29 is 9.53 Å². The van der Waals surface area contributed by atoms with Crippen LogP contribution in [0.4, 0.5) is 0 Å². The van der Waals surface area contributed by atoms with Gasteiger partial charge in [0.25, 0.3) is 5.91 Å². The van der Waals surface area contributed by atoms with Crippen LogP contribution in [0.5, 0.6) is 5.88 Å². The number of carbonyl (C=O) groups is 1. The Bertz CT molecular complexity index is 696. The van der Waals surface area contributed by atoms with Gasteiger partial charge in [0, 0.05) is 43.8 Å². The van der Waals surface area contributed by atoms with Gasteiger partial charge in [0.05, 0.1) is 12.7 Å². The molecule has 6 heteroatoms. The first-order chi connectivity index (χ1) is 12.1. The van der Waals surface area contributed by atoms with E-state index in [0.717, 1.165) is 44.7 Å². The van der Waals surface area contributed by atoms with Gasteiger partial charge in [0.1, 0.15) is 5.82 Å². The molecular formula is C19H26N4O2. The fraction of sp³-hybridized carbons (Fsp3) is 0.526. The summed E-state index contributed by atoms with van der Waals surface area (Å²) in [6.07, 6.45) is 6.78. The maximum Gasteiger partial charge on any atom is 0.255 e. The molecule has 6 nitrogen and oxygen atoms in total. The molecule has 0 aromatic carbocycles. The molecule has 0 atom stereocenters. The minimum atomic E-state index is 0.0647. The van der Waals surface area contributed by atoms with Gasteiger partial charge < -0.3 is 14.2 Å². The zero-order valence-corrected chi connectivity index (χ0v) is 15.2. The predicted octanol–water partition coefficient (Wildman–Crippen LogP) is 2.85. The largest absolute Gasteiger partial charge is 0.481 e. The maximum absolute atomic E-state index is 12.6. The third-order valence-electron chi connectivity index (χ3n) is 5.11. The number of carbonyl (C=O) groups excluding carboxylic acids is 1. The van der Waals surface area contributed by atoms with E-state index < -0.39 is 0 Å². The van der Waals surface area contributed by atoms with Crippen molar-refractivity contribution in [3.8, 4) is 5.88 Å². The first kappa shape index (κ1) is 17.5. The number of ether oxygens (including phenoxy) is 1. The van der Waals surface area contributed by atoms with Crippen LogP contribution in [0.15, 0.2) is 24.5 Å². The Balaban J connectivity index is 1.50. The Morgan fingerprint density at radius 3 is 2.52 bits per heavy atom. The highest BCUT2D eigenvalue weighted by atomic mass is 16.5. The SMILES string of the molecule is COc1ccc(C(=O)N2CCC(CCn3c(C)cnc3C)CC2)cn1. The van der Waals surface area contributed by atoms with E-state index in [1.54, 1.807) is 25.4 Å². The fourth-order valence-electron chi connectivity index (χ4n) is 3.47. The lowest BCUT2D eigenvalue weighted by Crippen LogP contribution is -2.38. The number of imidazole rings is 1. The van der Waals surface area contributed by atoms with Gasteiger partial charge in [-0.3, -0.25) is 4.79 Å². The van der Waals surface area contributed by atoms with Gasteiger partial charge in [0.2, 0.25) is 5.88 Å². The molecule has 0 radical (unpaired) electrons.